The van der Waals surface area contributed by atoms with Crippen molar-refractivity contribution in [2.75, 3.05) is 28.3 Å². The van der Waals surface area contributed by atoms with Gasteiger partial charge in [-0.1, -0.05) is 27.7 Å². The average Bonchev–Trinajstić information content (AvgIpc) is 3.09. The van der Waals surface area contributed by atoms with Crippen LogP contribution in [-0.2, 0) is 42.7 Å². The van der Waals surface area contributed by atoms with Crippen LogP contribution in [0.1, 0.15) is 94.9 Å². The summed E-state index contributed by atoms with van der Waals surface area (Å²) in [4.78, 5) is 30.1. The molecule has 0 saturated carbocycles. The average molecular weight is 748 g/mol. The predicted octanol–water partition coefficient (Wildman–Crippen LogP) is 2.44. The van der Waals surface area contributed by atoms with E-state index in [4.69, 9.17) is 33.2 Å². The van der Waals surface area contributed by atoms with E-state index in [1.165, 1.54) is 21.1 Å². The van der Waals surface area contributed by atoms with Gasteiger partial charge in [-0.3, -0.25) is 9.59 Å². The first-order chi connectivity index (χ1) is 24.0. The van der Waals surface area contributed by atoms with E-state index in [2.05, 4.69) is 0 Å². The Labute approximate surface area is 310 Å². The Morgan fingerprint density at radius 3 is 1.98 bits per heavy atom. The molecule has 0 aliphatic carbocycles. The van der Waals surface area contributed by atoms with Crippen LogP contribution in [0.25, 0.3) is 0 Å². The van der Waals surface area contributed by atoms with E-state index in [1.807, 2.05) is 32.8 Å². The van der Waals surface area contributed by atoms with Gasteiger partial charge in [-0.05, 0) is 74.9 Å². The Balaban J connectivity index is 2.22. The van der Waals surface area contributed by atoms with Crippen LogP contribution in [0.2, 0.25) is 0 Å². The number of nitrogens with zero attached hydrogens (tertiary/aromatic N) is 1. The van der Waals surface area contributed by atoms with Crippen LogP contribution in [0.15, 0.2) is 0 Å². The molecule has 3 saturated heterocycles. The molecule has 0 radical (unpaired) electrons. The number of carbonyl (C=O) groups is 2. The standard InChI is InChI=1S/C38H69NO13/c1-15-26-38(10,45)31(42)21(4)28(40)19(2)17-37(9,47-14)33(52-35-29(41)25(39(11)12)16-20(3)48-35)22(5)30(23(6)34(44)50-26)51-27-18-36(8,46-13)32(43)24(7)49-27/h19-27,29-33,35,41-43,45H,15-18H2,1-14H3/t19-,20-,21+,22+,23-,24+,25-,26-,27+,29+,30+,31-,32+,33-,35+,36+,37-,38-/m1/s1. The lowest BCUT2D eigenvalue weighted by Gasteiger charge is -2.50. The highest BCUT2D eigenvalue weighted by Gasteiger charge is 2.54. The predicted molar refractivity (Wildman–Crippen MR) is 191 cm³/mol. The third kappa shape index (κ3) is 9.38. The lowest BCUT2D eigenvalue weighted by atomic mass is 9.74. The third-order valence-electron chi connectivity index (χ3n) is 12.3. The van der Waals surface area contributed by atoms with Gasteiger partial charge < -0.3 is 58.5 Å². The lowest BCUT2D eigenvalue weighted by molar-refractivity contribution is -0.319. The van der Waals surface area contributed by atoms with Crippen LogP contribution in [-0.4, -0.2) is 150 Å². The van der Waals surface area contributed by atoms with Crippen LogP contribution >= 0.6 is 0 Å². The van der Waals surface area contributed by atoms with Gasteiger partial charge in [0.2, 0.25) is 0 Å². The van der Waals surface area contributed by atoms with Gasteiger partial charge in [0.25, 0.3) is 0 Å². The molecule has 304 valence electrons. The van der Waals surface area contributed by atoms with E-state index in [0.29, 0.717) is 6.42 Å². The zero-order chi connectivity index (χ0) is 39.7. The highest BCUT2D eigenvalue weighted by atomic mass is 16.7. The van der Waals surface area contributed by atoms with Crippen LogP contribution in [0.4, 0.5) is 0 Å². The number of aliphatic hydroxyl groups excluding tert-OH is 3. The van der Waals surface area contributed by atoms with Crippen molar-refractivity contribution in [3.05, 3.63) is 0 Å². The summed E-state index contributed by atoms with van der Waals surface area (Å²) < 4.78 is 43.9. The van der Waals surface area contributed by atoms with Gasteiger partial charge in [0.1, 0.15) is 29.7 Å². The van der Waals surface area contributed by atoms with E-state index >= 15 is 0 Å². The minimum atomic E-state index is -1.96. The topological polar surface area (TPSA) is 183 Å². The molecule has 0 unspecified atom stereocenters. The number of likely N-dealkylation sites (N-methyl/N-ethyl adjacent to an activating group) is 1. The summed E-state index contributed by atoms with van der Waals surface area (Å²) in [6.07, 6.45) is -8.73. The summed E-state index contributed by atoms with van der Waals surface area (Å²) in [6, 6.07) is -0.283. The number of ketones is 1. The Hall–Kier alpha value is -1.30. The minimum Gasteiger partial charge on any atom is -0.459 e. The number of methoxy groups -OCH3 is 2. The first kappa shape index (κ1) is 45.1. The molecule has 3 aliphatic rings. The summed E-state index contributed by atoms with van der Waals surface area (Å²) in [5.41, 5.74) is -4.24. The van der Waals surface area contributed by atoms with Crippen molar-refractivity contribution in [1.82, 2.24) is 4.90 Å². The second-order valence-corrected chi connectivity index (χ2v) is 16.6. The molecule has 0 aromatic heterocycles. The highest BCUT2D eigenvalue weighted by Crippen LogP contribution is 2.41. The van der Waals surface area contributed by atoms with E-state index in [0.717, 1.165) is 0 Å². The molecule has 0 aromatic rings. The summed E-state index contributed by atoms with van der Waals surface area (Å²) in [6.45, 7) is 17.1. The molecule has 3 aliphatic heterocycles. The Morgan fingerprint density at radius 2 is 1.44 bits per heavy atom. The van der Waals surface area contributed by atoms with Crippen LogP contribution in [0, 0.1) is 23.7 Å². The third-order valence-corrected chi connectivity index (χ3v) is 12.3. The molecular formula is C38H69NO13. The molecule has 0 bridgehead atoms. The fourth-order valence-electron chi connectivity index (χ4n) is 8.58. The number of rotatable bonds is 8. The molecule has 14 nitrogen and oxygen atoms in total. The molecule has 3 heterocycles. The first-order valence-corrected chi connectivity index (χ1v) is 18.9. The monoisotopic (exact) mass is 747 g/mol. The van der Waals surface area contributed by atoms with E-state index in [9.17, 15) is 30.0 Å². The van der Waals surface area contributed by atoms with Crippen LogP contribution in [0.3, 0.4) is 0 Å². The summed E-state index contributed by atoms with van der Waals surface area (Å²) in [5.74, 6) is -4.47. The second kappa shape index (κ2) is 17.7. The van der Waals surface area contributed by atoms with Crippen LogP contribution in [0.5, 0.6) is 0 Å². The number of Topliss-reactive ketones (excluding diaryl/α,β-unsaturated/α-hetero) is 1. The quantitative estimate of drug-likeness (QED) is 0.266. The number of hydrogen-bond donors (Lipinski definition) is 4. The van der Waals surface area contributed by atoms with Crippen molar-refractivity contribution in [1.29, 1.82) is 0 Å². The lowest BCUT2D eigenvalue weighted by Crippen LogP contribution is -2.61. The largest absolute Gasteiger partial charge is 0.459 e. The maximum absolute atomic E-state index is 14.2. The molecule has 0 aromatic carbocycles. The fraction of sp³-hybridized carbons (Fsp3) is 0.947. The smallest absolute Gasteiger partial charge is 0.311 e. The molecule has 0 amide bonds. The zero-order valence-electron chi connectivity index (χ0n) is 33.9. The van der Waals surface area contributed by atoms with Crippen molar-refractivity contribution in [2.24, 2.45) is 23.7 Å². The summed E-state index contributed by atoms with van der Waals surface area (Å²) >= 11 is 0. The first-order valence-electron chi connectivity index (χ1n) is 18.9. The normalized spacial score (nSPS) is 49.0. The SMILES string of the molecule is CC[C@H]1OC(=O)[C@H](C)[C@@H](O[C@H]2C[C@](C)(OC)[C@@H](O)[C@H](C)O2)[C@H](C)[C@@H](O[C@@H]2O[C@H](C)C[C@@H](N(C)C)[C@@H]2O)[C@](C)(OC)C[C@@H](C)C(=O)[C@H](C)[C@@H](O)[C@]1(C)O. The van der Waals surface area contributed by atoms with E-state index in [1.54, 1.807) is 48.5 Å². The minimum absolute atomic E-state index is 0.111. The Morgan fingerprint density at radius 1 is 0.846 bits per heavy atom. The van der Waals surface area contributed by atoms with Crippen LogP contribution < -0.4 is 0 Å². The summed E-state index contributed by atoms with van der Waals surface area (Å²) in [5, 5.41) is 45.6. The van der Waals surface area contributed by atoms with Crippen molar-refractivity contribution in [3.8, 4) is 0 Å². The van der Waals surface area contributed by atoms with E-state index < -0.39 is 102 Å². The van der Waals surface area contributed by atoms with Gasteiger partial charge in [-0.15, -0.1) is 0 Å². The van der Waals surface area contributed by atoms with Gasteiger partial charge in [0.15, 0.2) is 12.6 Å². The zero-order valence-corrected chi connectivity index (χ0v) is 33.9. The van der Waals surface area contributed by atoms with Crippen molar-refractivity contribution < 1.29 is 63.2 Å². The Kier molecular flexibility index (Phi) is 15.3. The molecule has 52 heavy (non-hydrogen) atoms. The second-order valence-electron chi connectivity index (χ2n) is 16.6. The van der Waals surface area contributed by atoms with Gasteiger partial charge >= 0.3 is 5.97 Å². The van der Waals surface area contributed by atoms with Gasteiger partial charge in [0, 0.05) is 44.4 Å². The molecular weight excluding hydrogens is 678 g/mol. The van der Waals surface area contributed by atoms with Crippen molar-refractivity contribution in [2.45, 2.75) is 179 Å². The molecule has 18 atom stereocenters. The van der Waals surface area contributed by atoms with Gasteiger partial charge in [-0.2, -0.15) is 0 Å². The maximum atomic E-state index is 14.2. The number of hydrogen-bond acceptors (Lipinski definition) is 14. The molecule has 3 rings (SSSR count). The fourth-order valence-corrected chi connectivity index (χ4v) is 8.58. The van der Waals surface area contributed by atoms with Crippen molar-refractivity contribution >= 4 is 11.8 Å². The highest BCUT2D eigenvalue weighted by molar-refractivity contribution is 5.83. The molecule has 3 fully saturated rings. The Bertz CT molecular complexity index is 1190. The van der Waals surface area contributed by atoms with Gasteiger partial charge in [-0.25, -0.2) is 0 Å². The number of cyclic esters (lactones) is 1. The number of ether oxygens (including phenoxy) is 7. The van der Waals surface area contributed by atoms with Gasteiger partial charge in [0.05, 0.1) is 47.6 Å². The number of aliphatic hydroxyl groups is 4. The number of esters is 1. The summed E-state index contributed by atoms with van der Waals surface area (Å²) in [7, 11) is 6.77. The molecule has 0 spiro atoms. The molecule has 4 N–H and O–H groups in total. The number of carbonyl (C=O) groups excluding carboxylic acids is 2. The van der Waals surface area contributed by atoms with E-state index in [-0.39, 0.29) is 37.2 Å². The van der Waals surface area contributed by atoms with Crippen molar-refractivity contribution in [3.63, 3.8) is 0 Å². The molecule has 14 heteroatoms. The maximum Gasteiger partial charge on any atom is 0.311 e.